The molecular formula is C14H16N4O3S. The standard InChI is InChI=1S/C14H16N4O3S/c1-8-11(13(19)17(2)3)12(16-14(22)15-8)9-4-6-10(7-5-9)18(20)21/h4-7,12H,1-3H3,(H2,15,16,22). The summed E-state index contributed by atoms with van der Waals surface area (Å²) >= 11 is 5.14. The number of allylic oxidation sites excluding steroid dienone is 1. The Balaban J connectivity index is 2.45. The van der Waals surface area contributed by atoms with Crippen LogP contribution in [0.4, 0.5) is 5.69 Å². The summed E-state index contributed by atoms with van der Waals surface area (Å²) in [5.41, 5.74) is 1.94. The third-order valence-corrected chi connectivity index (χ3v) is 3.56. The third kappa shape index (κ3) is 3.06. The first kappa shape index (κ1) is 15.9. The summed E-state index contributed by atoms with van der Waals surface area (Å²) in [5.74, 6) is -0.150. The monoisotopic (exact) mass is 320 g/mol. The molecule has 1 heterocycles. The van der Waals surface area contributed by atoms with Crippen LogP contribution in [0.5, 0.6) is 0 Å². The van der Waals surface area contributed by atoms with Gasteiger partial charge in [-0.2, -0.15) is 0 Å². The molecule has 116 valence electrons. The van der Waals surface area contributed by atoms with Crippen molar-refractivity contribution in [3.05, 3.63) is 51.2 Å². The quantitative estimate of drug-likeness (QED) is 0.498. The van der Waals surface area contributed by atoms with Crippen molar-refractivity contribution in [1.29, 1.82) is 0 Å². The van der Waals surface area contributed by atoms with E-state index in [-0.39, 0.29) is 11.6 Å². The molecule has 0 aromatic heterocycles. The minimum Gasteiger partial charge on any atom is -0.351 e. The SMILES string of the molecule is CC1=C(C(=O)N(C)C)C(c2ccc([N+](=O)[O-])cc2)NC(=S)N1. The molecule has 1 atom stereocenters. The maximum Gasteiger partial charge on any atom is 0.269 e. The smallest absolute Gasteiger partial charge is 0.269 e. The molecule has 0 spiro atoms. The molecule has 0 aliphatic carbocycles. The van der Waals surface area contributed by atoms with Gasteiger partial charge in [0, 0.05) is 31.9 Å². The number of amides is 1. The van der Waals surface area contributed by atoms with Crippen molar-refractivity contribution < 1.29 is 9.72 Å². The highest BCUT2D eigenvalue weighted by Gasteiger charge is 2.30. The van der Waals surface area contributed by atoms with E-state index in [1.165, 1.54) is 17.0 Å². The van der Waals surface area contributed by atoms with Crippen molar-refractivity contribution in [2.75, 3.05) is 14.1 Å². The number of hydrogen-bond acceptors (Lipinski definition) is 4. The van der Waals surface area contributed by atoms with Crippen molar-refractivity contribution in [2.45, 2.75) is 13.0 Å². The second kappa shape index (κ2) is 6.10. The Bertz CT molecular complexity index is 667. The van der Waals surface area contributed by atoms with Crippen molar-refractivity contribution >= 4 is 28.9 Å². The van der Waals surface area contributed by atoms with Gasteiger partial charge in [-0.15, -0.1) is 0 Å². The van der Waals surface area contributed by atoms with E-state index in [2.05, 4.69) is 10.6 Å². The lowest BCUT2D eigenvalue weighted by Crippen LogP contribution is -2.46. The fourth-order valence-electron chi connectivity index (χ4n) is 2.26. The molecule has 0 bridgehead atoms. The zero-order chi connectivity index (χ0) is 16.4. The van der Waals surface area contributed by atoms with Gasteiger partial charge in [0.15, 0.2) is 5.11 Å². The van der Waals surface area contributed by atoms with Gasteiger partial charge in [-0.25, -0.2) is 0 Å². The van der Waals surface area contributed by atoms with Gasteiger partial charge in [-0.3, -0.25) is 14.9 Å². The molecule has 1 amide bonds. The van der Waals surface area contributed by atoms with Crippen LogP contribution in [-0.4, -0.2) is 34.9 Å². The fourth-order valence-corrected chi connectivity index (χ4v) is 2.53. The Kier molecular flexibility index (Phi) is 4.41. The Morgan fingerprint density at radius 1 is 1.32 bits per heavy atom. The summed E-state index contributed by atoms with van der Waals surface area (Å²) in [6.07, 6.45) is 0. The van der Waals surface area contributed by atoms with Crippen LogP contribution in [0.3, 0.4) is 0 Å². The van der Waals surface area contributed by atoms with Gasteiger partial charge in [0.25, 0.3) is 11.6 Å². The minimum absolute atomic E-state index is 0.00134. The number of carbonyl (C=O) groups excluding carboxylic acids is 1. The Labute approximate surface area is 133 Å². The van der Waals surface area contributed by atoms with Gasteiger partial charge >= 0.3 is 0 Å². The number of carbonyl (C=O) groups is 1. The summed E-state index contributed by atoms with van der Waals surface area (Å²) in [6.45, 7) is 1.78. The normalized spacial score (nSPS) is 17.6. The average Bonchev–Trinajstić information content (AvgIpc) is 2.45. The predicted molar refractivity (Wildman–Crippen MR) is 86.1 cm³/mol. The average molecular weight is 320 g/mol. The van der Waals surface area contributed by atoms with Crippen molar-refractivity contribution in [2.24, 2.45) is 0 Å². The molecule has 0 fully saturated rings. The number of hydrogen-bond donors (Lipinski definition) is 2. The number of nitro groups is 1. The van der Waals surface area contributed by atoms with Crippen LogP contribution in [0, 0.1) is 10.1 Å². The molecule has 8 heteroatoms. The van der Waals surface area contributed by atoms with Crippen molar-refractivity contribution in [3.8, 4) is 0 Å². The Morgan fingerprint density at radius 2 is 1.91 bits per heavy atom. The number of nitrogens with one attached hydrogen (secondary N) is 2. The number of benzene rings is 1. The lowest BCUT2D eigenvalue weighted by Gasteiger charge is -2.31. The molecule has 1 aliphatic rings. The van der Waals surface area contributed by atoms with Gasteiger partial charge in [0.2, 0.25) is 0 Å². The van der Waals surface area contributed by atoms with E-state index in [0.717, 1.165) is 5.56 Å². The highest BCUT2D eigenvalue weighted by Crippen LogP contribution is 2.28. The molecule has 22 heavy (non-hydrogen) atoms. The second-order valence-electron chi connectivity index (χ2n) is 5.12. The molecular weight excluding hydrogens is 304 g/mol. The molecule has 0 saturated heterocycles. The Hall–Kier alpha value is -2.48. The van der Waals surface area contributed by atoms with E-state index >= 15 is 0 Å². The number of nitrogens with zero attached hydrogens (tertiary/aromatic N) is 2. The maximum atomic E-state index is 12.4. The topological polar surface area (TPSA) is 87.5 Å². The van der Waals surface area contributed by atoms with E-state index in [0.29, 0.717) is 16.4 Å². The zero-order valence-electron chi connectivity index (χ0n) is 12.4. The molecule has 7 nitrogen and oxygen atoms in total. The zero-order valence-corrected chi connectivity index (χ0v) is 13.2. The predicted octanol–water partition coefficient (Wildman–Crippen LogP) is 1.48. The van der Waals surface area contributed by atoms with Crippen LogP contribution >= 0.6 is 12.2 Å². The van der Waals surface area contributed by atoms with Crippen LogP contribution < -0.4 is 10.6 Å². The molecule has 2 N–H and O–H groups in total. The molecule has 2 rings (SSSR count). The van der Waals surface area contributed by atoms with E-state index in [4.69, 9.17) is 12.2 Å². The Morgan fingerprint density at radius 3 is 2.41 bits per heavy atom. The third-order valence-electron chi connectivity index (χ3n) is 3.34. The second-order valence-corrected chi connectivity index (χ2v) is 5.53. The van der Waals surface area contributed by atoms with Gasteiger partial charge in [-0.05, 0) is 36.8 Å². The van der Waals surface area contributed by atoms with E-state index in [9.17, 15) is 14.9 Å². The van der Waals surface area contributed by atoms with Crippen LogP contribution in [0.15, 0.2) is 35.5 Å². The lowest BCUT2D eigenvalue weighted by molar-refractivity contribution is -0.384. The minimum atomic E-state index is -0.461. The summed E-state index contributed by atoms with van der Waals surface area (Å²) in [6, 6.07) is 5.63. The summed E-state index contributed by atoms with van der Waals surface area (Å²) < 4.78 is 0. The van der Waals surface area contributed by atoms with Gasteiger partial charge in [0.1, 0.15) is 0 Å². The molecule has 0 radical (unpaired) electrons. The molecule has 1 aromatic carbocycles. The van der Waals surface area contributed by atoms with Gasteiger partial charge in [-0.1, -0.05) is 0 Å². The molecule has 1 aliphatic heterocycles. The fraction of sp³-hybridized carbons (Fsp3) is 0.286. The van der Waals surface area contributed by atoms with Crippen LogP contribution in [0.1, 0.15) is 18.5 Å². The van der Waals surface area contributed by atoms with Gasteiger partial charge in [0.05, 0.1) is 16.5 Å². The number of likely N-dealkylation sites (N-methyl/N-ethyl adjacent to an activating group) is 1. The van der Waals surface area contributed by atoms with E-state index in [1.54, 1.807) is 33.2 Å². The number of nitro benzene ring substituents is 1. The van der Waals surface area contributed by atoms with Crippen molar-refractivity contribution in [1.82, 2.24) is 15.5 Å². The highest BCUT2D eigenvalue weighted by molar-refractivity contribution is 7.80. The number of non-ortho nitro benzene ring substituents is 1. The highest BCUT2D eigenvalue weighted by atomic mass is 32.1. The molecule has 1 unspecified atom stereocenters. The van der Waals surface area contributed by atoms with E-state index < -0.39 is 11.0 Å². The largest absolute Gasteiger partial charge is 0.351 e. The van der Waals surface area contributed by atoms with Crippen LogP contribution in [-0.2, 0) is 4.79 Å². The molecule has 1 aromatic rings. The lowest BCUT2D eigenvalue weighted by atomic mass is 9.94. The maximum absolute atomic E-state index is 12.4. The first-order valence-electron chi connectivity index (χ1n) is 6.55. The van der Waals surface area contributed by atoms with E-state index in [1.807, 2.05) is 0 Å². The van der Waals surface area contributed by atoms with Gasteiger partial charge < -0.3 is 15.5 Å². The van der Waals surface area contributed by atoms with Crippen LogP contribution in [0.2, 0.25) is 0 Å². The number of thiocarbonyl (C=S) groups is 1. The molecule has 0 saturated carbocycles. The summed E-state index contributed by atoms with van der Waals surface area (Å²) in [5, 5.41) is 17.1. The first-order valence-corrected chi connectivity index (χ1v) is 6.96. The van der Waals surface area contributed by atoms with Crippen LogP contribution in [0.25, 0.3) is 0 Å². The number of rotatable bonds is 3. The van der Waals surface area contributed by atoms with Crippen molar-refractivity contribution in [3.63, 3.8) is 0 Å². The summed E-state index contributed by atoms with van der Waals surface area (Å²) in [4.78, 5) is 24.2. The first-order chi connectivity index (χ1) is 10.3. The summed E-state index contributed by atoms with van der Waals surface area (Å²) in [7, 11) is 3.34.